The number of anilines is 1. The Morgan fingerprint density at radius 2 is 2.14 bits per heavy atom. The molecule has 0 saturated heterocycles. The second-order valence-corrected chi connectivity index (χ2v) is 3.85. The lowest BCUT2D eigenvalue weighted by molar-refractivity contribution is 0.624. The van der Waals surface area contributed by atoms with Crippen molar-refractivity contribution >= 4 is 22.9 Å². The van der Waals surface area contributed by atoms with Gasteiger partial charge in [-0.1, -0.05) is 18.3 Å². The molecule has 0 aromatic heterocycles. The third-order valence-corrected chi connectivity index (χ3v) is 2.02. The molecule has 0 atom stereocenters. The number of hydrogen-bond donors (Lipinski definition) is 1. The summed E-state index contributed by atoms with van der Waals surface area (Å²) in [5.74, 6) is -0.247. The molecule has 0 heterocycles. The van der Waals surface area contributed by atoms with E-state index >= 15 is 0 Å². The molecule has 0 fully saturated rings. The number of thiocarbonyl (C=S) groups is 1. The van der Waals surface area contributed by atoms with Crippen molar-refractivity contribution in [3.63, 3.8) is 0 Å². The van der Waals surface area contributed by atoms with E-state index in [1.807, 2.05) is 6.07 Å². The summed E-state index contributed by atoms with van der Waals surface area (Å²) in [7, 11) is 3.59. The third-order valence-electron chi connectivity index (χ3n) is 1.87. The van der Waals surface area contributed by atoms with Crippen LogP contribution in [0, 0.1) is 5.82 Å². The number of halogens is 1. The van der Waals surface area contributed by atoms with Crippen molar-refractivity contribution in [2.45, 2.75) is 6.42 Å². The van der Waals surface area contributed by atoms with Crippen LogP contribution in [0.25, 0.3) is 0 Å². The van der Waals surface area contributed by atoms with Crippen LogP contribution >= 0.6 is 12.2 Å². The second-order valence-electron chi connectivity index (χ2n) is 3.32. The average molecular weight is 212 g/mol. The zero-order chi connectivity index (χ0) is 10.7. The molecule has 2 nitrogen and oxygen atoms in total. The summed E-state index contributed by atoms with van der Waals surface area (Å²) in [6, 6.07) is 5.02. The highest BCUT2D eigenvalue weighted by molar-refractivity contribution is 7.80. The molecule has 1 rings (SSSR count). The van der Waals surface area contributed by atoms with Gasteiger partial charge >= 0.3 is 0 Å². The molecule has 1 aromatic carbocycles. The van der Waals surface area contributed by atoms with Crippen molar-refractivity contribution < 1.29 is 4.39 Å². The van der Waals surface area contributed by atoms with Gasteiger partial charge in [-0.3, -0.25) is 0 Å². The minimum atomic E-state index is -0.247. The summed E-state index contributed by atoms with van der Waals surface area (Å²) in [6.45, 7) is 0. The molecule has 0 unspecified atom stereocenters. The first-order chi connectivity index (χ1) is 6.50. The predicted octanol–water partition coefficient (Wildman–Crippen LogP) is 1.72. The van der Waals surface area contributed by atoms with Crippen LogP contribution in [0.3, 0.4) is 0 Å². The lowest BCUT2D eigenvalue weighted by Gasteiger charge is -2.13. The monoisotopic (exact) mass is 212 g/mol. The van der Waals surface area contributed by atoms with E-state index in [0.717, 1.165) is 5.56 Å². The molecule has 0 spiro atoms. The number of benzene rings is 1. The van der Waals surface area contributed by atoms with Crippen molar-refractivity contribution in [2.75, 3.05) is 19.0 Å². The Hall–Kier alpha value is -1.16. The fraction of sp³-hybridized carbons (Fsp3) is 0.300. The predicted molar refractivity (Wildman–Crippen MR) is 61.2 cm³/mol. The van der Waals surface area contributed by atoms with E-state index < -0.39 is 0 Å². The number of hydrogen-bond acceptors (Lipinski definition) is 2. The van der Waals surface area contributed by atoms with Crippen molar-refractivity contribution in [1.29, 1.82) is 0 Å². The maximum atomic E-state index is 13.4. The van der Waals surface area contributed by atoms with Gasteiger partial charge in [0, 0.05) is 20.5 Å². The lowest BCUT2D eigenvalue weighted by atomic mass is 10.1. The maximum Gasteiger partial charge on any atom is 0.146 e. The molecule has 0 aliphatic rings. The first-order valence-corrected chi connectivity index (χ1v) is 4.65. The lowest BCUT2D eigenvalue weighted by Crippen LogP contribution is -2.13. The quantitative estimate of drug-likeness (QED) is 0.774. The highest BCUT2D eigenvalue weighted by Gasteiger charge is 2.05. The SMILES string of the molecule is CN(C)c1ccc(CC(N)=S)cc1F. The molecular formula is C10H13FN2S. The van der Waals surface area contributed by atoms with Gasteiger partial charge in [0.2, 0.25) is 0 Å². The zero-order valence-corrected chi connectivity index (χ0v) is 9.07. The molecule has 2 N–H and O–H groups in total. The van der Waals surface area contributed by atoms with Crippen molar-refractivity contribution in [2.24, 2.45) is 5.73 Å². The molecule has 0 amide bonds. The van der Waals surface area contributed by atoms with Crippen molar-refractivity contribution in [3.05, 3.63) is 29.6 Å². The standard InChI is InChI=1S/C10H13FN2S/c1-13(2)9-4-3-7(5-8(9)11)6-10(12)14/h3-5H,6H2,1-2H3,(H2,12,14). The van der Waals surface area contributed by atoms with Gasteiger partial charge < -0.3 is 10.6 Å². The molecule has 0 aliphatic carbocycles. The van der Waals surface area contributed by atoms with Crippen LogP contribution in [-0.4, -0.2) is 19.1 Å². The Morgan fingerprint density at radius 3 is 2.57 bits per heavy atom. The van der Waals surface area contributed by atoms with E-state index in [0.29, 0.717) is 17.1 Å². The molecule has 0 bridgehead atoms. The summed E-state index contributed by atoms with van der Waals surface area (Å²) in [6.07, 6.45) is 0.444. The fourth-order valence-electron chi connectivity index (χ4n) is 1.22. The summed E-state index contributed by atoms with van der Waals surface area (Å²) in [5, 5.41) is 0. The smallest absolute Gasteiger partial charge is 0.146 e. The zero-order valence-electron chi connectivity index (χ0n) is 8.25. The van der Waals surface area contributed by atoms with E-state index in [9.17, 15) is 4.39 Å². The Kier molecular flexibility index (Phi) is 3.41. The van der Waals surface area contributed by atoms with Gasteiger partial charge in [-0.25, -0.2) is 4.39 Å². The summed E-state index contributed by atoms with van der Waals surface area (Å²) >= 11 is 4.75. The normalized spacial score (nSPS) is 9.93. The minimum absolute atomic E-state index is 0.247. The van der Waals surface area contributed by atoms with Gasteiger partial charge in [0.05, 0.1) is 10.7 Å². The summed E-state index contributed by atoms with van der Waals surface area (Å²) in [5.41, 5.74) is 6.74. The van der Waals surface area contributed by atoms with Crippen molar-refractivity contribution in [1.82, 2.24) is 0 Å². The molecule has 1 aromatic rings. The Morgan fingerprint density at radius 1 is 1.50 bits per heavy atom. The van der Waals surface area contributed by atoms with Gasteiger partial charge in [0.15, 0.2) is 0 Å². The van der Waals surface area contributed by atoms with Crippen LogP contribution in [0.5, 0.6) is 0 Å². The second kappa shape index (κ2) is 4.37. The van der Waals surface area contributed by atoms with Crippen LogP contribution in [0.2, 0.25) is 0 Å². The van der Waals surface area contributed by atoms with Gasteiger partial charge in [-0.2, -0.15) is 0 Å². The highest BCUT2D eigenvalue weighted by Crippen LogP contribution is 2.18. The number of nitrogens with zero attached hydrogens (tertiary/aromatic N) is 1. The molecule has 76 valence electrons. The Bertz CT molecular complexity index is 350. The largest absolute Gasteiger partial charge is 0.393 e. The summed E-state index contributed by atoms with van der Waals surface area (Å²) in [4.78, 5) is 2.10. The fourth-order valence-corrected chi connectivity index (χ4v) is 1.39. The molecule has 14 heavy (non-hydrogen) atoms. The molecule has 0 saturated carbocycles. The van der Waals surface area contributed by atoms with Crippen LogP contribution < -0.4 is 10.6 Å². The van der Waals surface area contributed by atoms with E-state index in [-0.39, 0.29) is 5.82 Å². The molecule has 0 aliphatic heterocycles. The van der Waals surface area contributed by atoms with Crippen LogP contribution in [-0.2, 0) is 6.42 Å². The van der Waals surface area contributed by atoms with Gasteiger partial charge in [0.25, 0.3) is 0 Å². The number of rotatable bonds is 3. The van der Waals surface area contributed by atoms with Crippen LogP contribution in [0.15, 0.2) is 18.2 Å². The minimum Gasteiger partial charge on any atom is -0.393 e. The Balaban J connectivity index is 2.94. The van der Waals surface area contributed by atoms with Gasteiger partial charge in [-0.15, -0.1) is 0 Å². The van der Waals surface area contributed by atoms with Crippen molar-refractivity contribution in [3.8, 4) is 0 Å². The van der Waals surface area contributed by atoms with E-state index in [1.54, 1.807) is 25.1 Å². The van der Waals surface area contributed by atoms with Gasteiger partial charge in [-0.05, 0) is 17.7 Å². The first kappa shape index (κ1) is 10.9. The van der Waals surface area contributed by atoms with E-state index in [4.69, 9.17) is 18.0 Å². The molecule has 0 radical (unpaired) electrons. The van der Waals surface area contributed by atoms with E-state index in [2.05, 4.69) is 0 Å². The highest BCUT2D eigenvalue weighted by atomic mass is 32.1. The van der Waals surface area contributed by atoms with E-state index in [1.165, 1.54) is 6.07 Å². The third kappa shape index (κ3) is 2.67. The topological polar surface area (TPSA) is 29.3 Å². The molecular weight excluding hydrogens is 199 g/mol. The average Bonchev–Trinajstić information content (AvgIpc) is 2.01. The van der Waals surface area contributed by atoms with Crippen LogP contribution in [0.1, 0.15) is 5.56 Å². The Labute approximate surface area is 88.5 Å². The number of nitrogens with two attached hydrogens (primary N) is 1. The molecule has 4 heteroatoms. The maximum absolute atomic E-state index is 13.4. The van der Waals surface area contributed by atoms with Crippen LogP contribution in [0.4, 0.5) is 10.1 Å². The first-order valence-electron chi connectivity index (χ1n) is 4.24. The van der Waals surface area contributed by atoms with Gasteiger partial charge in [0.1, 0.15) is 5.82 Å². The summed E-state index contributed by atoms with van der Waals surface area (Å²) < 4.78 is 13.4.